The van der Waals surface area contributed by atoms with Gasteiger partial charge in [0, 0.05) is 37.8 Å². The summed E-state index contributed by atoms with van der Waals surface area (Å²) in [6, 6.07) is 12.3. The first kappa shape index (κ1) is 14.3. The number of aryl methyl sites for hydroxylation is 1. The highest BCUT2D eigenvalue weighted by Crippen LogP contribution is 2.30. The molecule has 0 aliphatic rings. The van der Waals surface area contributed by atoms with Crippen molar-refractivity contribution in [2.75, 3.05) is 0 Å². The van der Waals surface area contributed by atoms with Gasteiger partial charge in [-0.1, -0.05) is 31.2 Å². The monoisotopic (exact) mass is 293 g/mol. The number of amides is 1. The maximum absolute atomic E-state index is 11.5. The number of rotatable bonds is 4. The van der Waals surface area contributed by atoms with Crippen molar-refractivity contribution in [2.24, 2.45) is 7.05 Å². The first-order valence-electron chi connectivity index (χ1n) is 7.45. The lowest BCUT2D eigenvalue weighted by Crippen LogP contribution is -2.21. The summed E-state index contributed by atoms with van der Waals surface area (Å²) in [4.78, 5) is 16.0. The molecule has 3 rings (SSSR count). The molecule has 1 N–H and O–H groups in total. The fourth-order valence-corrected chi connectivity index (χ4v) is 2.66. The fraction of sp³-hybridized carbons (Fsp3) is 0.222. The van der Waals surface area contributed by atoms with Gasteiger partial charge < -0.3 is 9.88 Å². The second-order valence-electron chi connectivity index (χ2n) is 5.31. The molecule has 0 saturated heterocycles. The Morgan fingerprint density at radius 1 is 1.18 bits per heavy atom. The Hall–Kier alpha value is -2.62. The van der Waals surface area contributed by atoms with E-state index in [9.17, 15) is 4.79 Å². The molecule has 0 aliphatic heterocycles. The molecule has 0 spiro atoms. The number of nitrogens with one attached hydrogen (secondary N) is 1. The van der Waals surface area contributed by atoms with Gasteiger partial charge in [-0.3, -0.25) is 4.79 Å². The lowest BCUT2D eigenvalue weighted by molar-refractivity contribution is -0.120. The standard InChI is InChI=1S/C18H19N3O/c1-3-17(22)20-12-13-6-4-5-7-14(13)15-8-10-19-18-16(15)9-11-21(18)2/h4-11H,3,12H2,1-2H3,(H,20,22). The molecule has 0 atom stereocenters. The number of fused-ring (bicyclic) bond motifs is 1. The maximum atomic E-state index is 11.5. The van der Waals surface area contributed by atoms with Gasteiger partial charge in [-0.25, -0.2) is 4.98 Å². The van der Waals surface area contributed by atoms with Crippen LogP contribution in [0.1, 0.15) is 18.9 Å². The van der Waals surface area contributed by atoms with Crippen LogP contribution in [0.15, 0.2) is 48.8 Å². The number of pyridine rings is 1. The van der Waals surface area contributed by atoms with Gasteiger partial charge >= 0.3 is 0 Å². The normalized spacial score (nSPS) is 10.8. The van der Waals surface area contributed by atoms with Crippen LogP contribution in [0.5, 0.6) is 0 Å². The molecule has 0 fully saturated rings. The fourth-order valence-electron chi connectivity index (χ4n) is 2.66. The zero-order valence-electron chi connectivity index (χ0n) is 12.8. The smallest absolute Gasteiger partial charge is 0.219 e. The van der Waals surface area contributed by atoms with Gasteiger partial charge in [0.1, 0.15) is 5.65 Å². The van der Waals surface area contributed by atoms with Crippen LogP contribution in [0, 0.1) is 0 Å². The van der Waals surface area contributed by atoms with Crippen LogP contribution in [0.2, 0.25) is 0 Å². The van der Waals surface area contributed by atoms with Crippen LogP contribution in [-0.4, -0.2) is 15.5 Å². The predicted molar refractivity (Wildman–Crippen MR) is 88.3 cm³/mol. The van der Waals surface area contributed by atoms with Crippen LogP contribution >= 0.6 is 0 Å². The maximum Gasteiger partial charge on any atom is 0.219 e. The van der Waals surface area contributed by atoms with Gasteiger partial charge in [-0.15, -0.1) is 0 Å². The highest BCUT2D eigenvalue weighted by Gasteiger charge is 2.11. The number of benzene rings is 1. The third-order valence-corrected chi connectivity index (χ3v) is 3.87. The Morgan fingerprint density at radius 3 is 2.82 bits per heavy atom. The molecule has 22 heavy (non-hydrogen) atoms. The van der Waals surface area contributed by atoms with Crippen molar-refractivity contribution in [3.63, 3.8) is 0 Å². The topological polar surface area (TPSA) is 46.9 Å². The summed E-state index contributed by atoms with van der Waals surface area (Å²) in [6.07, 6.45) is 4.35. The molecule has 0 bridgehead atoms. The van der Waals surface area contributed by atoms with E-state index in [0.717, 1.165) is 27.7 Å². The molecule has 1 amide bonds. The van der Waals surface area contributed by atoms with Crippen molar-refractivity contribution in [3.8, 4) is 11.1 Å². The van der Waals surface area contributed by atoms with Gasteiger partial charge in [0.2, 0.25) is 5.91 Å². The zero-order chi connectivity index (χ0) is 15.5. The van der Waals surface area contributed by atoms with E-state index in [1.807, 2.05) is 49.1 Å². The van der Waals surface area contributed by atoms with Crippen LogP contribution in [-0.2, 0) is 18.4 Å². The Bertz CT molecular complexity index is 820. The molecular formula is C18H19N3O. The Balaban J connectivity index is 2.05. The van der Waals surface area contributed by atoms with Gasteiger partial charge in [0.15, 0.2) is 0 Å². The summed E-state index contributed by atoms with van der Waals surface area (Å²) in [5.41, 5.74) is 4.36. The summed E-state index contributed by atoms with van der Waals surface area (Å²) < 4.78 is 2.01. The molecule has 1 aromatic carbocycles. The van der Waals surface area contributed by atoms with E-state index < -0.39 is 0 Å². The van der Waals surface area contributed by atoms with E-state index in [0.29, 0.717) is 13.0 Å². The van der Waals surface area contributed by atoms with Crippen molar-refractivity contribution in [2.45, 2.75) is 19.9 Å². The number of carbonyl (C=O) groups excluding carboxylic acids is 1. The average molecular weight is 293 g/mol. The Labute approximate surface area is 129 Å². The summed E-state index contributed by atoms with van der Waals surface area (Å²) in [5, 5.41) is 4.08. The van der Waals surface area contributed by atoms with Gasteiger partial charge in [0.05, 0.1) is 0 Å². The molecule has 4 heteroatoms. The summed E-state index contributed by atoms with van der Waals surface area (Å²) >= 11 is 0. The third kappa shape index (κ3) is 2.60. The molecule has 4 nitrogen and oxygen atoms in total. The van der Waals surface area contributed by atoms with Crippen molar-refractivity contribution in [1.29, 1.82) is 0 Å². The quantitative estimate of drug-likeness (QED) is 0.802. The van der Waals surface area contributed by atoms with Crippen molar-refractivity contribution in [1.82, 2.24) is 14.9 Å². The van der Waals surface area contributed by atoms with Crippen LogP contribution in [0.25, 0.3) is 22.2 Å². The van der Waals surface area contributed by atoms with Crippen molar-refractivity contribution >= 4 is 16.9 Å². The molecule has 112 valence electrons. The molecule has 2 heterocycles. The SMILES string of the molecule is CCC(=O)NCc1ccccc1-c1ccnc2c1ccn2C. The van der Waals surface area contributed by atoms with E-state index in [4.69, 9.17) is 0 Å². The molecule has 2 aromatic heterocycles. The average Bonchev–Trinajstić information content (AvgIpc) is 2.94. The van der Waals surface area contributed by atoms with E-state index in [2.05, 4.69) is 28.5 Å². The van der Waals surface area contributed by atoms with Crippen molar-refractivity contribution < 1.29 is 4.79 Å². The Morgan fingerprint density at radius 2 is 2.00 bits per heavy atom. The molecule has 0 saturated carbocycles. The third-order valence-electron chi connectivity index (χ3n) is 3.87. The van der Waals surface area contributed by atoms with Crippen molar-refractivity contribution in [3.05, 3.63) is 54.4 Å². The second kappa shape index (κ2) is 6.02. The minimum atomic E-state index is 0.0642. The van der Waals surface area contributed by atoms with E-state index in [1.165, 1.54) is 0 Å². The zero-order valence-corrected chi connectivity index (χ0v) is 12.8. The molecule has 0 unspecified atom stereocenters. The second-order valence-corrected chi connectivity index (χ2v) is 5.31. The molecule has 0 radical (unpaired) electrons. The minimum absolute atomic E-state index is 0.0642. The lowest BCUT2D eigenvalue weighted by Gasteiger charge is -2.11. The first-order valence-corrected chi connectivity index (χ1v) is 7.45. The minimum Gasteiger partial charge on any atom is -0.352 e. The number of hydrogen-bond acceptors (Lipinski definition) is 2. The summed E-state index contributed by atoms with van der Waals surface area (Å²) in [5.74, 6) is 0.0642. The predicted octanol–water partition coefficient (Wildman–Crippen LogP) is 3.27. The van der Waals surface area contributed by atoms with Crippen LogP contribution in [0.3, 0.4) is 0 Å². The van der Waals surface area contributed by atoms with Gasteiger partial charge in [-0.05, 0) is 28.8 Å². The molecule has 3 aromatic rings. The van der Waals surface area contributed by atoms with Crippen LogP contribution < -0.4 is 5.32 Å². The van der Waals surface area contributed by atoms with E-state index in [-0.39, 0.29) is 5.91 Å². The highest BCUT2D eigenvalue weighted by molar-refractivity contribution is 5.94. The first-order chi connectivity index (χ1) is 10.7. The number of hydrogen-bond donors (Lipinski definition) is 1. The summed E-state index contributed by atoms with van der Waals surface area (Å²) in [7, 11) is 1.99. The number of carbonyl (C=O) groups is 1. The largest absolute Gasteiger partial charge is 0.352 e. The lowest BCUT2D eigenvalue weighted by atomic mass is 9.98. The Kier molecular flexibility index (Phi) is 3.92. The van der Waals surface area contributed by atoms with Crippen LogP contribution in [0.4, 0.5) is 0 Å². The van der Waals surface area contributed by atoms with E-state index in [1.54, 1.807) is 0 Å². The van der Waals surface area contributed by atoms with Gasteiger partial charge in [-0.2, -0.15) is 0 Å². The van der Waals surface area contributed by atoms with E-state index >= 15 is 0 Å². The van der Waals surface area contributed by atoms with Gasteiger partial charge in [0.25, 0.3) is 0 Å². The molecule has 0 aliphatic carbocycles. The molecular weight excluding hydrogens is 274 g/mol. The highest BCUT2D eigenvalue weighted by atomic mass is 16.1. The number of nitrogens with zero attached hydrogens (tertiary/aromatic N) is 2. The summed E-state index contributed by atoms with van der Waals surface area (Å²) in [6.45, 7) is 2.40. The number of aromatic nitrogens is 2.